The first-order valence-electron chi connectivity index (χ1n) is 12.5. The molecule has 2 unspecified atom stereocenters. The van der Waals surface area contributed by atoms with E-state index >= 15 is 0 Å². The molecule has 3 aliphatic heterocycles. The van der Waals surface area contributed by atoms with Gasteiger partial charge in [-0.2, -0.15) is 5.26 Å². The lowest BCUT2D eigenvalue weighted by Crippen LogP contribution is -2.61. The fourth-order valence-electron chi connectivity index (χ4n) is 5.23. The van der Waals surface area contributed by atoms with Crippen LogP contribution in [0.1, 0.15) is 29.2 Å². The summed E-state index contributed by atoms with van der Waals surface area (Å²) in [5, 5.41) is 8.28. The summed E-state index contributed by atoms with van der Waals surface area (Å²) in [4.78, 5) is 35.5. The molecule has 1 aromatic carbocycles. The topological polar surface area (TPSA) is 114 Å². The third-order valence-electron chi connectivity index (χ3n) is 7.27. The van der Waals surface area contributed by atoms with E-state index < -0.39 is 5.38 Å². The number of carbonyl (C=O) groups excluding carboxylic acids is 2. The predicted molar refractivity (Wildman–Crippen MR) is 137 cm³/mol. The molecule has 1 aromatic heterocycles. The van der Waals surface area contributed by atoms with Gasteiger partial charge in [0, 0.05) is 45.5 Å². The smallest absolute Gasteiger partial charge is 0.253 e. The lowest BCUT2D eigenvalue weighted by atomic mass is 10.0. The number of hydrogen-bond donors (Lipinski definition) is 2. The van der Waals surface area contributed by atoms with E-state index in [0.717, 1.165) is 5.82 Å². The van der Waals surface area contributed by atoms with Crippen molar-refractivity contribution in [2.45, 2.75) is 30.4 Å². The Morgan fingerprint density at radius 1 is 1.19 bits per heavy atom. The van der Waals surface area contributed by atoms with Crippen LogP contribution in [0.25, 0.3) is 0 Å². The fraction of sp³-hybridized carbons (Fsp3) is 0.462. The summed E-state index contributed by atoms with van der Waals surface area (Å²) in [5.74, 6) is 0.667. The lowest BCUT2D eigenvalue weighted by molar-refractivity contribution is -0.133. The minimum absolute atomic E-state index is 0.0336. The number of nitriles is 1. The molecule has 2 saturated heterocycles. The second kappa shape index (κ2) is 11.4. The normalized spacial score (nSPS) is 23.9. The number of nitrogens with one attached hydrogen (secondary N) is 2. The van der Waals surface area contributed by atoms with Gasteiger partial charge in [-0.1, -0.05) is 24.3 Å². The van der Waals surface area contributed by atoms with Crippen molar-refractivity contribution in [3.8, 4) is 6.07 Å². The first-order chi connectivity index (χ1) is 18.0. The van der Waals surface area contributed by atoms with Crippen molar-refractivity contribution < 1.29 is 14.3 Å². The number of hydrogen-bond acceptors (Lipinski definition) is 8. The summed E-state index contributed by atoms with van der Waals surface area (Å²) >= 11 is 6.47. The van der Waals surface area contributed by atoms with Crippen LogP contribution in [0.5, 0.6) is 0 Å². The van der Waals surface area contributed by atoms with Crippen LogP contribution in [-0.4, -0.2) is 84.0 Å². The highest BCUT2D eigenvalue weighted by Gasteiger charge is 2.41. The van der Waals surface area contributed by atoms with Crippen molar-refractivity contribution in [3.05, 3.63) is 59.3 Å². The van der Waals surface area contributed by atoms with Crippen molar-refractivity contribution in [1.29, 1.82) is 5.26 Å². The second-order valence-corrected chi connectivity index (χ2v) is 9.91. The molecule has 3 aliphatic rings. The van der Waals surface area contributed by atoms with Gasteiger partial charge in [-0.05, 0) is 23.3 Å². The molecule has 37 heavy (non-hydrogen) atoms. The van der Waals surface area contributed by atoms with Crippen molar-refractivity contribution in [2.24, 2.45) is 0 Å². The first-order valence-corrected chi connectivity index (χ1v) is 13.0. The van der Waals surface area contributed by atoms with E-state index in [1.807, 2.05) is 23.1 Å². The SMILES string of the molecule is N#Cc1ccc(N2CCN(C(=O)CCOC[C@@H]3c4ccccc4CN3C3CNNC(=O)C3Cl)CC2)nc1. The van der Waals surface area contributed by atoms with Gasteiger partial charge < -0.3 is 14.5 Å². The first kappa shape index (κ1) is 25.4. The van der Waals surface area contributed by atoms with Crippen LogP contribution in [0, 0.1) is 11.3 Å². The van der Waals surface area contributed by atoms with Crippen LogP contribution in [-0.2, 0) is 20.9 Å². The summed E-state index contributed by atoms with van der Waals surface area (Å²) in [5.41, 5.74) is 8.45. The number of hydrazine groups is 1. The Morgan fingerprint density at radius 2 is 2.00 bits per heavy atom. The molecule has 2 aromatic rings. The highest BCUT2D eigenvalue weighted by atomic mass is 35.5. The van der Waals surface area contributed by atoms with Gasteiger partial charge >= 0.3 is 0 Å². The molecule has 2 N–H and O–H groups in total. The number of nitrogens with zero attached hydrogens (tertiary/aromatic N) is 5. The fourth-order valence-corrected chi connectivity index (χ4v) is 5.52. The minimum Gasteiger partial charge on any atom is -0.379 e. The number of ether oxygens (including phenoxy) is 1. The van der Waals surface area contributed by atoms with Gasteiger partial charge in [-0.25, -0.2) is 10.4 Å². The van der Waals surface area contributed by atoms with E-state index in [1.165, 1.54) is 11.1 Å². The summed E-state index contributed by atoms with van der Waals surface area (Å²) in [6.45, 7) is 4.64. The Balaban J connectivity index is 1.11. The van der Waals surface area contributed by atoms with Crippen molar-refractivity contribution in [1.82, 2.24) is 25.6 Å². The lowest BCUT2D eigenvalue weighted by Gasteiger charge is -2.38. The van der Waals surface area contributed by atoms with Crippen LogP contribution < -0.4 is 15.8 Å². The number of aromatic nitrogens is 1. The third kappa shape index (κ3) is 5.55. The summed E-state index contributed by atoms with van der Waals surface area (Å²) < 4.78 is 6.03. The summed E-state index contributed by atoms with van der Waals surface area (Å²) in [7, 11) is 0. The second-order valence-electron chi connectivity index (χ2n) is 9.44. The Morgan fingerprint density at radius 3 is 2.76 bits per heavy atom. The Kier molecular flexibility index (Phi) is 7.86. The molecule has 0 bridgehead atoms. The number of fused-ring (bicyclic) bond motifs is 1. The largest absolute Gasteiger partial charge is 0.379 e. The van der Waals surface area contributed by atoms with Crippen LogP contribution in [0.15, 0.2) is 42.6 Å². The molecule has 11 heteroatoms. The maximum atomic E-state index is 12.8. The van der Waals surface area contributed by atoms with Crippen LogP contribution >= 0.6 is 11.6 Å². The number of carbonyl (C=O) groups is 2. The quantitative estimate of drug-likeness (QED) is 0.411. The van der Waals surface area contributed by atoms with Gasteiger partial charge in [-0.3, -0.25) is 19.9 Å². The summed E-state index contributed by atoms with van der Waals surface area (Å²) in [6.07, 6.45) is 1.88. The molecule has 0 aliphatic carbocycles. The highest BCUT2D eigenvalue weighted by Crippen LogP contribution is 2.37. The zero-order valence-corrected chi connectivity index (χ0v) is 21.2. The number of rotatable bonds is 7. The zero-order chi connectivity index (χ0) is 25.8. The van der Waals surface area contributed by atoms with E-state index in [9.17, 15) is 9.59 Å². The molecule has 2 amide bonds. The molecular formula is C26H30ClN7O3. The maximum absolute atomic E-state index is 12.8. The van der Waals surface area contributed by atoms with Gasteiger partial charge in [0.05, 0.1) is 37.3 Å². The molecule has 10 nitrogen and oxygen atoms in total. The van der Waals surface area contributed by atoms with Gasteiger partial charge in [-0.15, -0.1) is 11.6 Å². The molecule has 5 rings (SSSR count). The van der Waals surface area contributed by atoms with Crippen LogP contribution in [0.3, 0.4) is 0 Å². The molecule has 2 fully saturated rings. The molecule has 3 atom stereocenters. The monoisotopic (exact) mass is 523 g/mol. The molecule has 194 valence electrons. The Bertz CT molecular complexity index is 1160. The van der Waals surface area contributed by atoms with Gasteiger partial charge in [0.15, 0.2) is 0 Å². The third-order valence-corrected chi connectivity index (χ3v) is 7.76. The average molecular weight is 524 g/mol. The maximum Gasteiger partial charge on any atom is 0.253 e. The summed E-state index contributed by atoms with van der Waals surface area (Å²) in [6, 6.07) is 13.7. The van der Waals surface area contributed by atoms with Gasteiger partial charge in [0.1, 0.15) is 17.3 Å². The van der Waals surface area contributed by atoms with Crippen LogP contribution in [0.2, 0.25) is 0 Å². The molecule has 4 heterocycles. The number of amides is 2. The zero-order valence-electron chi connectivity index (χ0n) is 20.5. The standard InChI is InChI=1S/C26H30ClN7O3/c27-25-21(15-30-31-26(25)36)34-16-19-3-1-2-4-20(19)22(34)17-37-12-7-24(35)33-10-8-32(9-11-33)23-6-5-18(13-28)14-29-23/h1-6,14,21-22,25,30H,7-12,15-17H2,(H,31,36)/t21?,22-,25?/m1/s1. The number of benzene rings is 1. The minimum atomic E-state index is -0.655. The predicted octanol–water partition coefficient (Wildman–Crippen LogP) is 1.18. The van der Waals surface area contributed by atoms with Crippen LogP contribution in [0.4, 0.5) is 5.82 Å². The van der Waals surface area contributed by atoms with Crippen molar-refractivity contribution in [3.63, 3.8) is 0 Å². The van der Waals surface area contributed by atoms with E-state index in [-0.39, 0.29) is 23.9 Å². The average Bonchev–Trinajstić information content (AvgIpc) is 3.31. The van der Waals surface area contributed by atoms with Crippen molar-refractivity contribution >= 4 is 29.2 Å². The van der Waals surface area contributed by atoms with E-state index in [1.54, 1.807) is 12.3 Å². The van der Waals surface area contributed by atoms with Gasteiger partial charge in [0.25, 0.3) is 5.91 Å². The number of piperazine rings is 1. The number of halogens is 1. The highest BCUT2D eigenvalue weighted by molar-refractivity contribution is 6.31. The van der Waals surface area contributed by atoms with E-state index in [2.05, 4.69) is 43.8 Å². The van der Waals surface area contributed by atoms with Gasteiger partial charge in [0.2, 0.25) is 5.91 Å². The van der Waals surface area contributed by atoms with Crippen molar-refractivity contribution in [2.75, 3.05) is 50.8 Å². The van der Waals surface area contributed by atoms with E-state index in [4.69, 9.17) is 21.6 Å². The van der Waals surface area contributed by atoms with E-state index in [0.29, 0.717) is 64.5 Å². The Hall–Kier alpha value is -3.23. The molecule has 0 radical (unpaired) electrons. The molecule has 0 saturated carbocycles. The number of pyridine rings is 1. The molecular weight excluding hydrogens is 494 g/mol. The number of anilines is 1. The number of alkyl halides is 1. The Labute approximate surface area is 221 Å². The molecule has 0 spiro atoms.